The second-order valence-corrected chi connectivity index (χ2v) is 10.6. The molecule has 0 unspecified atom stereocenters. The van der Waals surface area contributed by atoms with Crippen molar-refractivity contribution in [2.75, 3.05) is 39.0 Å². The van der Waals surface area contributed by atoms with Crippen LogP contribution in [-0.2, 0) is 22.7 Å². The Morgan fingerprint density at radius 1 is 1.20 bits per heavy atom. The molecule has 1 aliphatic rings. The van der Waals surface area contributed by atoms with Gasteiger partial charge in [-0.2, -0.15) is 0 Å². The molecule has 1 amide bonds. The van der Waals surface area contributed by atoms with Gasteiger partial charge in [-0.3, -0.25) is 14.6 Å². The van der Waals surface area contributed by atoms with Crippen molar-refractivity contribution >= 4 is 44.2 Å². The first-order chi connectivity index (χ1) is 16.8. The Morgan fingerprint density at radius 2 is 1.94 bits per heavy atom. The van der Waals surface area contributed by atoms with E-state index >= 15 is 0 Å². The van der Waals surface area contributed by atoms with Gasteiger partial charge in [0.25, 0.3) is 0 Å². The molecule has 0 atom stereocenters. The van der Waals surface area contributed by atoms with E-state index in [-0.39, 0.29) is 5.91 Å². The third-order valence-corrected chi connectivity index (χ3v) is 8.02. The molecule has 1 saturated heterocycles. The largest absolute Gasteiger partial charge is 0.382 e. The van der Waals surface area contributed by atoms with Crippen LogP contribution in [0.15, 0.2) is 30.3 Å². The molecule has 0 saturated carbocycles. The molecule has 0 aliphatic carbocycles. The average Bonchev–Trinajstić information content (AvgIpc) is 3.40. The number of nitrogens with two attached hydrogens (primary N) is 2. The van der Waals surface area contributed by atoms with E-state index in [0.29, 0.717) is 18.2 Å². The van der Waals surface area contributed by atoms with Gasteiger partial charge in [0.1, 0.15) is 5.82 Å². The van der Waals surface area contributed by atoms with Gasteiger partial charge in [-0.25, -0.2) is 9.97 Å². The van der Waals surface area contributed by atoms with E-state index in [4.69, 9.17) is 21.2 Å². The van der Waals surface area contributed by atoms with E-state index in [9.17, 15) is 4.79 Å². The van der Waals surface area contributed by atoms with E-state index in [1.165, 1.54) is 4.88 Å². The van der Waals surface area contributed by atoms with Gasteiger partial charge in [0.15, 0.2) is 5.82 Å². The molecule has 10 heteroatoms. The van der Waals surface area contributed by atoms with Gasteiger partial charge < -0.3 is 21.2 Å². The van der Waals surface area contributed by atoms with Crippen LogP contribution in [0.1, 0.15) is 24.4 Å². The number of primary amides is 1. The normalized spacial score (nSPS) is 15.9. The molecule has 0 spiro atoms. The van der Waals surface area contributed by atoms with Gasteiger partial charge in [-0.15, -0.1) is 11.3 Å². The number of nitrogens with zero attached hydrogens (tertiary/aromatic N) is 4. The van der Waals surface area contributed by atoms with Gasteiger partial charge in [-0.1, -0.05) is 18.2 Å². The fraction of sp³-hybridized carbons (Fsp3) is 0.400. The van der Waals surface area contributed by atoms with Crippen LogP contribution in [0.5, 0.6) is 0 Å². The number of carbonyl (C=O) groups is 1. The number of fused-ring (bicyclic) bond motifs is 2. The molecule has 4 aromatic rings. The molecule has 3 aromatic heterocycles. The van der Waals surface area contributed by atoms with Gasteiger partial charge in [0, 0.05) is 55.6 Å². The molecule has 1 fully saturated rings. The number of methoxy groups -OCH3 is 1. The fourth-order valence-electron chi connectivity index (χ4n) is 4.74. The topological polar surface area (TPSA) is 126 Å². The monoisotopic (exact) mass is 493 g/mol. The minimum Gasteiger partial charge on any atom is -0.382 e. The third kappa shape index (κ3) is 4.38. The van der Waals surface area contributed by atoms with Crippen molar-refractivity contribution in [1.82, 2.24) is 24.8 Å². The lowest BCUT2D eigenvalue weighted by molar-refractivity contribution is -0.129. The predicted octanol–water partition coefficient (Wildman–Crippen LogP) is 2.95. The first-order valence-electron chi connectivity index (χ1n) is 11.7. The summed E-state index contributed by atoms with van der Waals surface area (Å²) >= 11 is 1.64. The summed E-state index contributed by atoms with van der Waals surface area (Å²) in [6.45, 7) is 8.36. The minimum atomic E-state index is -0.631. The van der Waals surface area contributed by atoms with Crippen LogP contribution < -0.4 is 11.5 Å². The molecule has 9 nitrogen and oxygen atoms in total. The molecule has 35 heavy (non-hydrogen) atoms. The van der Waals surface area contributed by atoms with E-state index in [1.807, 2.05) is 32.0 Å². The van der Waals surface area contributed by atoms with Crippen molar-refractivity contribution in [3.05, 3.63) is 40.9 Å². The number of carbonyl (C=O) groups excluding carboxylic acids is 1. The SMILES string of the molecule is COCc1[nH]c2ccccc2c1-c1nc(N)c2sc(CN3CCN(C(C)(C)C(N)=O)CC3)cc2n1. The first kappa shape index (κ1) is 23.7. The number of aromatic amines is 1. The van der Waals surface area contributed by atoms with Crippen LogP contribution in [-0.4, -0.2) is 69.5 Å². The maximum absolute atomic E-state index is 11.8. The van der Waals surface area contributed by atoms with Crippen molar-refractivity contribution < 1.29 is 9.53 Å². The first-order valence-corrected chi connectivity index (χ1v) is 12.5. The smallest absolute Gasteiger partial charge is 0.237 e. The molecular weight excluding hydrogens is 462 g/mol. The summed E-state index contributed by atoms with van der Waals surface area (Å²) in [5, 5.41) is 1.05. The maximum atomic E-state index is 11.8. The molecule has 1 aliphatic heterocycles. The minimum absolute atomic E-state index is 0.288. The number of nitrogens with one attached hydrogen (secondary N) is 1. The second-order valence-electron chi connectivity index (χ2n) is 9.50. The lowest BCUT2D eigenvalue weighted by Gasteiger charge is -2.42. The Hall–Kier alpha value is -3.05. The summed E-state index contributed by atoms with van der Waals surface area (Å²) < 4.78 is 6.32. The van der Waals surface area contributed by atoms with E-state index in [2.05, 4.69) is 31.9 Å². The molecule has 0 radical (unpaired) electrons. The van der Waals surface area contributed by atoms with Crippen LogP contribution in [0.2, 0.25) is 0 Å². The number of aromatic nitrogens is 3. The maximum Gasteiger partial charge on any atom is 0.237 e. The highest BCUT2D eigenvalue weighted by molar-refractivity contribution is 7.19. The number of para-hydroxylation sites is 1. The highest BCUT2D eigenvalue weighted by atomic mass is 32.1. The zero-order chi connectivity index (χ0) is 24.7. The summed E-state index contributed by atoms with van der Waals surface area (Å²) in [5.41, 5.74) is 15.1. The fourth-order valence-corrected chi connectivity index (χ4v) is 5.78. The number of amides is 1. The van der Waals surface area contributed by atoms with Gasteiger partial charge in [0.05, 0.1) is 33.6 Å². The summed E-state index contributed by atoms with van der Waals surface area (Å²) in [4.78, 5) is 30.6. The molecule has 4 heterocycles. The summed E-state index contributed by atoms with van der Waals surface area (Å²) in [7, 11) is 1.67. The number of ether oxygens (including phenoxy) is 1. The van der Waals surface area contributed by atoms with Crippen molar-refractivity contribution in [1.29, 1.82) is 0 Å². The molecular formula is C25H31N7O2S. The van der Waals surface area contributed by atoms with E-state index in [0.717, 1.165) is 65.1 Å². The third-order valence-electron chi connectivity index (χ3n) is 6.89. The summed E-state index contributed by atoms with van der Waals surface area (Å²) in [6, 6.07) is 10.2. The number of anilines is 1. The molecule has 184 valence electrons. The number of hydrogen-bond donors (Lipinski definition) is 3. The Kier molecular flexibility index (Phi) is 6.22. The Balaban J connectivity index is 1.40. The van der Waals surface area contributed by atoms with Crippen LogP contribution >= 0.6 is 11.3 Å². The molecule has 5 N–H and O–H groups in total. The number of H-pyrrole nitrogens is 1. The lowest BCUT2D eigenvalue weighted by Crippen LogP contribution is -2.59. The lowest BCUT2D eigenvalue weighted by atomic mass is 10.0. The quantitative estimate of drug-likeness (QED) is 0.361. The van der Waals surface area contributed by atoms with E-state index in [1.54, 1.807) is 18.4 Å². The van der Waals surface area contributed by atoms with Gasteiger partial charge >= 0.3 is 0 Å². The van der Waals surface area contributed by atoms with Crippen molar-refractivity contribution in [3.63, 3.8) is 0 Å². The number of hydrogen-bond acceptors (Lipinski definition) is 8. The number of thiophene rings is 1. The average molecular weight is 494 g/mol. The highest BCUT2D eigenvalue weighted by Crippen LogP contribution is 2.35. The van der Waals surface area contributed by atoms with Crippen LogP contribution in [0.3, 0.4) is 0 Å². The van der Waals surface area contributed by atoms with Gasteiger partial charge in [-0.05, 0) is 26.0 Å². The summed E-state index contributed by atoms with van der Waals surface area (Å²) in [6.07, 6.45) is 0. The standard InChI is InChI=1S/C25H31N7O2S/c1-25(2,24(27)33)32-10-8-31(9-11-32)13-15-12-18-21(35-15)22(26)30-23(29-18)20-16-6-4-5-7-17(16)28-19(20)14-34-3/h4-7,12,28H,8-11,13-14H2,1-3H3,(H2,27,33)(H2,26,29,30). The number of benzene rings is 1. The second kappa shape index (κ2) is 9.19. The number of piperazine rings is 1. The van der Waals surface area contributed by atoms with Crippen LogP contribution in [0, 0.1) is 0 Å². The van der Waals surface area contributed by atoms with Crippen LogP contribution in [0.25, 0.3) is 32.5 Å². The Morgan fingerprint density at radius 3 is 2.66 bits per heavy atom. The molecule has 5 rings (SSSR count). The molecule has 0 bridgehead atoms. The van der Waals surface area contributed by atoms with E-state index < -0.39 is 5.54 Å². The van der Waals surface area contributed by atoms with Crippen molar-refractivity contribution in [3.8, 4) is 11.4 Å². The van der Waals surface area contributed by atoms with Crippen LogP contribution in [0.4, 0.5) is 5.82 Å². The zero-order valence-electron chi connectivity index (χ0n) is 20.3. The highest BCUT2D eigenvalue weighted by Gasteiger charge is 2.34. The van der Waals surface area contributed by atoms with Crippen molar-refractivity contribution in [2.45, 2.75) is 32.5 Å². The number of nitrogen functional groups attached to an aromatic ring is 1. The predicted molar refractivity (Wildman–Crippen MR) is 140 cm³/mol. The summed E-state index contributed by atoms with van der Waals surface area (Å²) in [5.74, 6) is 0.804. The Labute approximate surface area is 208 Å². The van der Waals surface area contributed by atoms with Crippen molar-refractivity contribution in [2.24, 2.45) is 5.73 Å². The molecule has 1 aromatic carbocycles. The van der Waals surface area contributed by atoms with Gasteiger partial charge in [0.2, 0.25) is 5.91 Å². The Bertz CT molecular complexity index is 1390. The zero-order valence-corrected chi connectivity index (χ0v) is 21.1. The number of rotatable bonds is 7.